The van der Waals surface area contributed by atoms with E-state index in [2.05, 4.69) is 19.2 Å². The fourth-order valence-corrected chi connectivity index (χ4v) is 2.42. The van der Waals surface area contributed by atoms with Crippen LogP contribution in [0.2, 0.25) is 0 Å². The second kappa shape index (κ2) is 6.76. The number of carboxylic acid groups (broad SMARTS) is 1. The van der Waals surface area contributed by atoms with Gasteiger partial charge in [0.25, 0.3) is 0 Å². The van der Waals surface area contributed by atoms with Gasteiger partial charge in [-0.25, -0.2) is 0 Å². The molecule has 0 aromatic heterocycles. The molecule has 0 spiro atoms. The topological polar surface area (TPSA) is 66.4 Å². The summed E-state index contributed by atoms with van der Waals surface area (Å²) in [6.07, 6.45) is 6.27. The quantitative estimate of drug-likeness (QED) is 0.655. The van der Waals surface area contributed by atoms with Gasteiger partial charge in [-0.2, -0.15) is 0 Å². The van der Waals surface area contributed by atoms with E-state index in [9.17, 15) is 9.59 Å². The van der Waals surface area contributed by atoms with E-state index in [1.54, 1.807) is 0 Å². The van der Waals surface area contributed by atoms with E-state index < -0.39 is 11.4 Å². The lowest BCUT2D eigenvalue weighted by atomic mass is 9.68. The molecule has 0 aromatic carbocycles. The largest absolute Gasteiger partial charge is 0.480 e. The highest BCUT2D eigenvalue weighted by Gasteiger charge is 2.51. The molecule has 1 saturated carbocycles. The van der Waals surface area contributed by atoms with Gasteiger partial charge in [-0.15, -0.1) is 0 Å². The molecule has 0 radical (unpaired) electrons. The Balaban J connectivity index is 2.42. The van der Waals surface area contributed by atoms with Gasteiger partial charge in [-0.1, -0.05) is 39.5 Å². The molecule has 4 heteroatoms. The van der Waals surface area contributed by atoms with Crippen LogP contribution in [-0.2, 0) is 9.59 Å². The molecule has 18 heavy (non-hydrogen) atoms. The summed E-state index contributed by atoms with van der Waals surface area (Å²) in [5.41, 5.74) is -1.12. The second-order valence-electron chi connectivity index (χ2n) is 5.37. The van der Waals surface area contributed by atoms with Gasteiger partial charge in [0.1, 0.15) is 5.41 Å². The van der Waals surface area contributed by atoms with Crippen molar-refractivity contribution in [3.63, 3.8) is 0 Å². The summed E-state index contributed by atoms with van der Waals surface area (Å²) in [5, 5.41) is 12.0. The summed E-state index contributed by atoms with van der Waals surface area (Å²) in [6.45, 7) is 4.88. The van der Waals surface area contributed by atoms with Gasteiger partial charge in [0.15, 0.2) is 0 Å². The predicted octanol–water partition coefficient (Wildman–Crippen LogP) is 2.57. The standard InChI is InChI=1S/C14H25NO3/c1-3-5-7-11(4-2)10-15-12(16)14(13(17)18)8-6-9-14/h11H,3-10H2,1-2H3,(H,15,16)(H,17,18). The number of carbonyl (C=O) groups is 2. The van der Waals surface area contributed by atoms with Crippen LogP contribution in [0.4, 0.5) is 0 Å². The first-order valence-corrected chi connectivity index (χ1v) is 7.08. The Labute approximate surface area is 109 Å². The van der Waals surface area contributed by atoms with Gasteiger partial charge in [0, 0.05) is 6.54 Å². The number of rotatable bonds is 8. The number of hydrogen-bond donors (Lipinski definition) is 2. The third-order valence-electron chi connectivity index (χ3n) is 4.15. The normalized spacial score (nSPS) is 18.8. The molecular weight excluding hydrogens is 230 g/mol. The van der Waals surface area contributed by atoms with Crippen molar-refractivity contribution in [1.82, 2.24) is 5.32 Å². The van der Waals surface area contributed by atoms with Crippen LogP contribution in [0.3, 0.4) is 0 Å². The molecule has 1 rings (SSSR count). The van der Waals surface area contributed by atoms with Crippen molar-refractivity contribution in [2.45, 2.75) is 58.8 Å². The number of unbranched alkanes of at least 4 members (excludes halogenated alkanes) is 1. The maximum atomic E-state index is 12.0. The van der Waals surface area contributed by atoms with Gasteiger partial charge in [-0.3, -0.25) is 9.59 Å². The van der Waals surface area contributed by atoms with Gasteiger partial charge in [0.05, 0.1) is 0 Å². The number of carbonyl (C=O) groups excluding carboxylic acids is 1. The number of hydrogen-bond acceptors (Lipinski definition) is 2. The van der Waals surface area contributed by atoms with E-state index in [4.69, 9.17) is 5.11 Å². The molecule has 1 unspecified atom stereocenters. The van der Waals surface area contributed by atoms with E-state index in [1.165, 1.54) is 6.42 Å². The third-order valence-corrected chi connectivity index (χ3v) is 4.15. The zero-order valence-electron chi connectivity index (χ0n) is 11.5. The zero-order valence-corrected chi connectivity index (χ0v) is 11.5. The average molecular weight is 255 g/mol. The molecule has 0 aromatic rings. The Kier molecular flexibility index (Phi) is 5.63. The lowest BCUT2D eigenvalue weighted by Gasteiger charge is -2.36. The molecule has 1 aliphatic rings. The fraction of sp³-hybridized carbons (Fsp3) is 0.857. The molecule has 0 heterocycles. The van der Waals surface area contributed by atoms with Crippen molar-refractivity contribution in [1.29, 1.82) is 0 Å². The summed E-state index contributed by atoms with van der Waals surface area (Å²) < 4.78 is 0. The highest BCUT2D eigenvalue weighted by Crippen LogP contribution is 2.41. The molecule has 0 saturated heterocycles. The molecule has 1 atom stereocenters. The monoisotopic (exact) mass is 255 g/mol. The van der Waals surface area contributed by atoms with E-state index >= 15 is 0 Å². The first kappa shape index (κ1) is 15.0. The maximum Gasteiger partial charge on any atom is 0.319 e. The van der Waals surface area contributed by atoms with Crippen LogP contribution in [0.25, 0.3) is 0 Å². The summed E-state index contributed by atoms with van der Waals surface area (Å²) in [5.74, 6) is -0.774. The third kappa shape index (κ3) is 3.24. The Bertz CT molecular complexity index is 297. The molecule has 2 N–H and O–H groups in total. The zero-order chi connectivity index (χ0) is 13.6. The Morgan fingerprint density at radius 1 is 1.33 bits per heavy atom. The second-order valence-corrected chi connectivity index (χ2v) is 5.37. The Morgan fingerprint density at radius 2 is 2.00 bits per heavy atom. The van der Waals surface area contributed by atoms with E-state index in [1.807, 2.05) is 0 Å². The highest BCUT2D eigenvalue weighted by molar-refractivity contribution is 6.02. The molecule has 4 nitrogen and oxygen atoms in total. The maximum absolute atomic E-state index is 12.0. The lowest BCUT2D eigenvalue weighted by Crippen LogP contribution is -2.51. The predicted molar refractivity (Wildman–Crippen MR) is 70.2 cm³/mol. The van der Waals surface area contributed by atoms with Crippen LogP contribution in [0, 0.1) is 11.3 Å². The van der Waals surface area contributed by atoms with Crippen LogP contribution >= 0.6 is 0 Å². The Hall–Kier alpha value is -1.06. The average Bonchev–Trinajstić information content (AvgIpc) is 2.27. The van der Waals surface area contributed by atoms with Crippen LogP contribution in [0.15, 0.2) is 0 Å². The van der Waals surface area contributed by atoms with Crippen LogP contribution in [-0.4, -0.2) is 23.5 Å². The first-order valence-electron chi connectivity index (χ1n) is 7.08. The number of aliphatic carboxylic acids is 1. The molecule has 104 valence electrons. The van der Waals surface area contributed by atoms with Crippen LogP contribution < -0.4 is 5.32 Å². The summed E-state index contributed by atoms with van der Waals surface area (Å²) >= 11 is 0. The molecule has 1 fully saturated rings. The van der Waals surface area contributed by atoms with Crippen molar-refractivity contribution < 1.29 is 14.7 Å². The smallest absolute Gasteiger partial charge is 0.319 e. The minimum Gasteiger partial charge on any atom is -0.480 e. The first-order chi connectivity index (χ1) is 8.56. The minimum atomic E-state index is -1.12. The minimum absolute atomic E-state index is 0.281. The molecule has 1 amide bonds. The van der Waals surface area contributed by atoms with Gasteiger partial charge < -0.3 is 10.4 Å². The van der Waals surface area contributed by atoms with E-state index in [-0.39, 0.29) is 5.91 Å². The van der Waals surface area contributed by atoms with Crippen molar-refractivity contribution in [3.8, 4) is 0 Å². The van der Waals surface area contributed by atoms with Crippen LogP contribution in [0.1, 0.15) is 58.8 Å². The molecular formula is C14H25NO3. The van der Waals surface area contributed by atoms with E-state index in [0.717, 1.165) is 25.7 Å². The highest BCUT2D eigenvalue weighted by atomic mass is 16.4. The molecule has 0 aliphatic heterocycles. The number of carboxylic acids is 1. The molecule has 0 bridgehead atoms. The fourth-order valence-electron chi connectivity index (χ4n) is 2.42. The van der Waals surface area contributed by atoms with E-state index in [0.29, 0.717) is 25.3 Å². The summed E-state index contributed by atoms with van der Waals surface area (Å²) in [4.78, 5) is 23.2. The number of amides is 1. The summed E-state index contributed by atoms with van der Waals surface area (Å²) in [6, 6.07) is 0. The van der Waals surface area contributed by atoms with Crippen molar-refractivity contribution in [2.75, 3.05) is 6.54 Å². The van der Waals surface area contributed by atoms with Crippen LogP contribution in [0.5, 0.6) is 0 Å². The van der Waals surface area contributed by atoms with Gasteiger partial charge in [-0.05, 0) is 25.2 Å². The van der Waals surface area contributed by atoms with Crippen molar-refractivity contribution in [2.24, 2.45) is 11.3 Å². The van der Waals surface area contributed by atoms with Crippen molar-refractivity contribution in [3.05, 3.63) is 0 Å². The number of nitrogens with one attached hydrogen (secondary N) is 1. The Morgan fingerprint density at radius 3 is 2.39 bits per heavy atom. The lowest BCUT2D eigenvalue weighted by molar-refractivity contribution is -0.162. The van der Waals surface area contributed by atoms with Gasteiger partial charge >= 0.3 is 5.97 Å². The SMILES string of the molecule is CCCCC(CC)CNC(=O)C1(C(=O)O)CCC1. The molecule has 1 aliphatic carbocycles. The summed E-state index contributed by atoms with van der Waals surface area (Å²) in [7, 11) is 0. The van der Waals surface area contributed by atoms with Gasteiger partial charge in [0.2, 0.25) is 5.91 Å². The van der Waals surface area contributed by atoms with Crippen molar-refractivity contribution >= 4 is 11.9 Å².